The first kappa shape index (κ1) is 15.0. The third-order valence-corrected chi connectivity index (χ3v) is 3.80. The monoisotopic (exact) mass is 310 g/mol. The fourth-order valence-corrected chi connectivity index (χ4v) is 2.56. The minimum Gasteiger partial charge on any atom is -0.507 e. The Morgan fingerprint density at radius 2 is 2.09 bits per heavy atom. The summed E-state index contributed by atoms with van der Waals surface area (Å²) in [6.45, 7) is 0.483. The Morgan fingerprint density at radius 1 is 1.26 bits per heavy atom. The van der Waals surface area contributed by atoms with E-state index in [0.29, 0.717) is 13.0 Å². The van der Waals surface area contributed by atoms with Crippen molar-refractivity contribution < 1.29 is 14.6 Å². The smallest absolute Gasteiger partial charge is 0.255 e. The lowest BCUT2D eigenvalue weighted by atomic mass is 10.1. The molecule has 118 valence electrons. The number of aromatic nitrogens is 1. The molecular weight excluding hydrogens is 292 g/mol. The van der Waals surface area contributed by atoms with Gasteiger partial charge in [-0.15, -0.1) is 0 Å². The van der Waals surface area contributed by atoms with Gasteiger partial charge in [-0.2, -0.15) is 0 Å². The number of aromatic amines is 1. The van der Waals surface area contributed by atoms with Crippen molar-refractivity contribution in [2.45, 2.75) is 6.42 Å². The number of benzene rings is 2. The molecule has 0 atom stereocenters. The number of phenols is 1. The Bertz CT molecular complexity index is 839. The molecule has 0 aliphatic rings. The van der Waals surface area contributed by atoms with Crippen LogP contribution in [-0.4, -0.2) is 29.7 Å². The lowest BCUT2D eigenvalue weighted by Gasteiger charge is -2.06. The van der Waals surface area contributed by atoms with Crippen LogP contribution in [0.5, 0.6) is 11.5 Å². The normalized spacial score (nSPS) is 10.7. The average Bonchev–Trinajstić information content (AvgIpc) is 2.97. The van der Waals surface area contributed by atoms with Crippen molar-refractivity contribution in [3.8, 4) is 11.5 Å². The number of fused-ring (bicyclic) bond motifs is 1. The summed E-state index contributed by atoms with van der Waals surface area (Å²) in [6, 6.07) is 12.4. The molecule has 0 aliphatic carbocycles. The molecule has 0 radical (unpaired) electrons. The number of hydrogen-bond donors (Lipinski definition) is 3. The van der Waals surface area contributed by atoms with Gasteiger partial charge in [0.2, 0.25) is 0 Å². The van der Waals surface area contributed by atoms with Gasteiger partial charge in [-0.05, 0) is 42.3 Å². The molecule has 0 aliphatic heterocycles. The molecular formula is C18H18N2O3. The van der Waals surface area contributed by atoms with Gasteiger partial charge >= 0.3 is 0 Å². The maximum absolute atomic E-state index is 12.1. The molecule has 1 aromatic heterocycles. The van der Waals surface area contributed by atoms with Gasteiger partial charge in [0.05, 0.1) is 12.7 Å². The number of nitrogens with one attached hydrogen (secondary N) is 2. The Morgan fingerprint density at radius 3 is 2.87 bits per heavy atom. The Labute approximate surface area is 133 Å². The minimum absolute atomic E-state index is 0.0122. The molecule has 2 aromatic carbocycles. The number of aromatic hydroxyl groups is 1. The second-order valence-electron chi connectivity index (χ2n) is 5.25. The van der Waals surface area contributed by atoms with Gasteiger partial charge in [0.15, 0.2) is 0 Å². The van der Waals surface area contributed by atoms with E-state index in [9.17, 15) is 9.90 Å². The molecule has 0 saturated carbocycles. The van der Waals surface area contributed by atoms with Crippen molar-refractivity contribution >= 4 is 16.8 Å². The summed E-state index contributed by atoms with van der Waals surface area (Å²) in [5.74, 6) is 0.513. The van der Waals surface area contributed by atoms with Crippen molar-refractivity contribution in [1.29, 1.82) is 0 Å². The summed E-state index contributed by atoms with van der Waals surface area (Å²) in [4.78, 5) is 15.3. The summed E-state index contributed by atoms with van der Waals surface area (Å²) in [5.41, 5.74) is 2.43. The second-order valence-corrected chi connectivity index (χ2v) is 5.25. The number of methoxy groups -OCH3 is 1. The molecule has 0 bridgehead atoms. The van der Waals surface area contributed by atoms with Crippen LogP contribution in [0.4, 0.5) is 0 Å². The van der Waals surface area contributed by atoms with Crippen LogP contribution in [0.25, 0.3) is 10.9 Å². The zero-order chi connectivity index (χ0) is 16.2. The van der Waals surface area contributed by atoms with Crippen molar-refractivity contribution in [2.75, 3.05) is 13.7 Å². The molecule has 3 rings (SSSR count). The first-order chi connectivity index (χ1) is 11.2. The zero-order valence-electron chi connectivity index (χ0n) is 12.8. The van der Waals surface area contributed by atoms with Crippen molar-refractivity contribution in [1.82, 2.24) is 10.3 Å². The van der Waals surface area contributed by atoms with Crippen LogP contribution in [0.15, 0.2) is 48.7 Å². The molecule has 23 heavy (non-hydrogen) atoms. The van der Waals surface area contributed by atoms with E-state index in [1.165, 1.54) is 6.07 Å². The van der Waals surface area contributed by atoms with Gasteiger partial charge in [0.1, 0.15) is 11.5 Å². The van der Waals surface area contributed by atoms with E-state index < -0.39 is 0 Å². The number of phenolic OH excluding ortho intramolecular Hbond substituents is 1. The third kappa shape index (κ3) is 3.13. The van der Waals surface area contributed by atoms with E-state index in [2.05, 4.69) is 10.3 Å². The molecule has 0 unspecified atom stereocenters. The van der Waals surface area contributed by atoms with Gasteiger partial charge in [0, 0.05) is 23.6 Å². The lowest BCUT2D eigenvalue weighted by Crippen LogP contribution is -2.25. The van der Waals surface area contributed by atoms with Crippen LogP contribution in [0, 0.1) is 0 Å². The largest absolute Gasteiger partial charge is 0.507 e. The van der Waals surface area contributed by atoms with Crippen molar-refractivity contribution in [2.24, 2.45) is 0 Å². The van der Waals surface area contributed by atoms with E-state index >= 15 is 0 Å². The third-order valence-electron chi connectivity index (χ3n) is 3.80. The highest BCUT2D eigenvalue weighted by molar-refractivity contribution is 5.96. The summed E-state index contributed by atoms with van der Waals surface area (Å²) < 4.78 is 5.25. The number of carbonyl (C=O) groups excluding carboxylic acids is 1. The molecule has 1 heterocycles. The summed E-state index contributed by atoms with van der Waals surface area (Å²) >= 11 is 0. The summed E-state index contributed by atoms with van der Waals surface area (Å²) in [5, 5.41) is 13.6. The predicted molar refractivity (Wildman–Crippen MR) is 89.0 cm³/mol. The highest BCUT2D eigenvalue weighted by Crippen LogP contribution is 2.23. The molecule has 1 amide bonds. The van der Waals surface area contributed by atoms with Crippen LogP contribution >= 0.6 is 0 Å². The molecule has 3 aromatic rings. The van der Waals surface area contributed by atoms with E-state index in [1.807, 2.05) is 24.4 Å². The molecule has 0 saturated heterocycles. The van der Waals surface area contributed by atoms with E-state index in [0.717, 1.165) is 22.2 Å². The standard InChI is InChI=1S/C18H18N2O3/c1-23-13-6-7-16-15(10-13)12(11-20-16)8-9-19-18(22)14-4-2-3-5-17(14)21/h2-7,10-11,20-21H,8-9H2,1H3,(H,19,22). The van der Waals surface area contributed by atoms with Gasteiger partial charge in [-0.25, -0.2) is 0 Å². The van der Waals surface area contributed by atoms with Crippen LogP contribution in [0.1, 0.15) is 15.9 Å². The predicted octanol–water partition coefficient (Wildman–Crippen LogP) is 2.85. The Kier molecular flexibility index (Phi) is 4.19. The molecule has 5 heteroatoms. The van der Waals surface area contributed by atoms with Crippen molar-refractivity contribution in [3.05, 3.63) is 59.8 Å². The van der Waals surface area contributed by atoms with Gasteiger partial charge in [0.25, 0.3) is 5.91 Å². The fourth-order valence-electron chi connectivity index (χ4n) is 2.56. The lowest BCUT2D eigenvalue weighted by molar-refractivity contribution is 0.0951. The maximum atomic E-state index is 12.1. The number of rotatable bonds is 5. The minimum atomic E-state index is -0.277. The van der Waals surface area contributed by atoms with Gasteiger partial charge < -0.3 is 20.1 Å². The van der Waals surface area contributed by atoms with Crippen molar-refractivity contribution in [3.63, 3.8) is 0 Å². The van der Waals surface area contributed by atoms with Gasteiger partial charge in [-0.3, -0.25) is 4.79 Å². The van der Waals surface area contributed by atoms with E-state index in [1.54, 1.807) is 25.3 Å². The zero-order valence-corrected chi connectivity index (χ0v) is 12.8. The molecule has 0 fully saturated rings. The number of hydrogen-bond acceptors (Lipinski definition) is 3. The van der Waals surface area contributed by atoms with E-state index in [4.69, 9.17) is 4.74 Å². The first-order valence-electron chi connectivity index (χ1n) is 7.39. The number of amides is 1. The Hall–Kier alpha value is -2.95. The topological polar surface area (TPSA) is 74.3 Å². The molecule has 5 nitrogen and oxygen atoms in total. The highest BCUT2D eigenvalue weighted by atomic mass is 16.5. The van der Waals surface area contributed by atoms with E-state index in [-0.39, 0.29) is 17.2 Å². The SMILES string of the molecule is COc1ccc2[nH]cc(CCNC(=O)c3ccccc3O)c2c1. The number of para-hydroxylation sites is 1. The number of H-pyrrole nitrogens is 1. The quantitative estimate of drug-likeness (QED) is 0.678. The second kappa shape index (κ2) is 6.44. The van der Waals surface area contributed by atoms with Gasteiger partial charge in [-0.1, -0.05) is 12.1 Å². The molecule has 0 spiro atoms. The summed E-state index contributed by atoms with van der Waals surface area (Å²) in [7, 11) is 1.64. The number of ether oxygens (including phenoxy) is 1. The van der Waals surface area contributed by atoms with Crippen LogP contribution in [-0.2, 0) is 6.42 Å². The van der Waals surface area contributed by atoms with Crippen LogP contribution < -0.4 is 10.1 Å². The number of carbonyl (C=O) groups is 1. The van der Waals surface area contributed by atoms with Crippen LogP contribution in [0.3, 0.4) is 0 Å². The maximum Gasteiger partial charge on any atom is 0.255 e. The fraction of sp³-hybridized carbons (Fsp3) is 0.167. The summed E-state index contributed by atoms with van der Waals surface area (Å²) in [6.07, 6.45) is 2.63. The Balaban J connectivity index is 1.67. The van der Waals surface area contributed by atoms with Crippen LogP contribution in [0.2, 0.25) is 0 Å². The highest BCUT2D eigenvalue weighted by Gasteiger charge is 2.10. The first-order valence-corrected chi connectivity index (χ1v) is 7.39. The average molecular weight is 310 g/mol. The molecule has 3 N–H and O–H groups in total.